The van der Waals surface area contributed by atoms with Crippen LogP contribution in [-0.4, -0.2) is 31.0 Å². The zero-order valence-electron chi connectivity index (χ0n) is 18.7. The van der Waals surface area contributed by atoms with Crippen LogP contribution in [0.15, 0.2) is 60.7 Å². The Bertz CT molecular complexity index is 1260. The molecule has 0 bridgehead atoms. The SMILES string of the molecule is COc1cc(C(=O)Nc2ccc3c(c2)CCC(=O)N3Cc2ccccc2)c([N+](=O)[O-])cc1OC. The van der Waals surface area contributed by atoms with E-state index < -0.39 is 16.5 Å². The summed E-state index contributed by atoms with van der Waals surface area (Å²) in [4.78, 5) is 38.2. The summed E-state index contributed by atoms with van der Waals surface area (Å²) in [6, 6.07) is 17.4. The number of nitrogens with one attached hydrogen (secondary N) is 1. The summed E-state index contributed by atoms with van der Waals surface area (Å²) in [5.41, 5.74) is 2.64. The first kappa shape index (κ1) is 22.8. The third-order valence-electron chi connectivity index (χ3n) is 5.66. The summed E-state index contributed by atoms with van der Waals surface area (Å²) in [7, 11) is 2.75. The summed E-state index contributed by atoms with van der Waals surface area (Å²) >= 11 is 0. The van der Waals surface area contributed by atoms with E-state index in [2.05, 4.69) is 5.32 Å². The Labute approximate surface area is 196 Å². The third kappa shape index (κ3) is 4.54. The summed E-state index contributed by atoms with van der Waals surface area (Å²) in [5.74, 6) is -0.254. The number of carbonyl (C=O) groups excluding carboxylic acids is 2. The van der Waals surface area contributed by atoms with E-state index in [-0.39, 0.29) is 23.0 Å². The molecule has 1 heterocycles. The second-order valence-corrected chi connectivity index (χ2v) is 7.74. The number of ether oxygens (including phenoxy) is 2. The molecule has 1 aliphatic rings. The number of methoxy groups -OCH3 is 2. The van der Waals surface area contributed by atoms with E-state index in [1.54, 1.807) is 23.1 Å². The van der Waals surface area contributed by atoms with Crippen LogP contribution in [0.1, 0.15) is 27.9 Å². The highest BCUT2D eigenvalue weighted by Crippen LogP contribution is 2.36. The number of fused-ring (bicyclic) bond motifs is 1. The van der Waals surface area contributed by atoms with E-state index in [1.807, 2.05) is 30.3 Å². The molecule has 0 unspecified atom stereocenters. The van der Waals surface area contributed by atoms with Gasteiger partial charge in [0, 0.05) is 23.9 Å². The standard InChI is InChI=1S/C25H23N3O6/c1-33-22-13-19(21(28(31)32)14-23(22)34-2)25(30)26-18-9-10-20-17(12-18)8-11-24(29)27(20)15-16-6-4-3-5-7-16/h3-7,9-10,12-14H,8,11,15H2,1-2H3,(H,26,30). The molecule has 3 aromatic rings. The Hall–Kier alpha value is -4.40. The molecule has 9 nitrogen and oxygen atoms in total. The van der Waals surface area contributed by atoms with Gasteiger partial charge >= 0.3 is 0 Å². The number of benzene rings is 3. The van der Waals surface area contributed by atoms with Crippen molar-refractivity contribution in [3.05, 3.63) is 87.5 Å². The van der Waals surface area contributed by atoms with Crippen LogP contribution in [0.25, 0.3) is 0 Å². The quantitative estimate of drug-likeness (QED) is 0.414. The lowest BCUT2D eigenvalue weighted by molar-refractivity contribution is -0.385. The number of aryl methyl sites for hydroxylation is 1. The average molecular weight is 461 g/mol. The summed E-state index contributed by atoms with van der Waals surface area (Å²) in [5, 5.41) is 14.3. The minimum Gasteiger partial charge on any atom is -0.493 e. The van der Waals surface area contributed by atoms with Gasteiger partial charge in [0.1, 0.15) is 5.56 Å². The number of nitro groups is 1. The van der Waals surface area contributed by atoms with Gasteiger partial charge in [-0.1, -0.05) is 30.3 Å². The molecule has 2 amide bonds. The number of anilines is 2. The molecular weight excluding hydrogens is 438 g/mol. The second kappa shape index (κ2) is 9.62. The van der Waals surface area contributed by atoms with E-state index in [0.717, 1.165) is 22.9 Å². The molecule has 9 heteroatoms. The molecule has 0 saturated heterocycles. The van der Waals surface area contributed by atoms with Crippen LogP contribution < -0.4 is 19.7 Å². The number of rotatable bonds is 7. The van der Waals surface area contributed by atoms with E-state index >= 15 is 0 Å². The first-order chi connectivity index (χ1) is 16.4. The van der Waals surface area contributed by atoms with Crippen LogP contribution in [0.2, 0.25) is 0 Å². The molecule has 0 aliphatic carbocycles. The first-order valence-electron chi connectivity index (χ1n) is 10.6. The van der Waals surface area contributed by atoms with Gasteiger partial charge in [0.05, 0.1) is 31.8 Å². The lowest BCUT2D eigenvalue weighted by Crippen LogP contribution is -2.34. The molecule has 0 fully saturated rings. The maximum atomic E-state index is 13.0. The normalized spacial score (nSPS) is 12.6. The van der Waals surface area contributed by atoms with E-state index in [0.29, 0.717) is 25.1 Å². The molecule has 0 atom stereocenters. The fourth-order valence-electron chi connectivity index (χ4n) is 3.98. The number of amides is 2. The molecular formula is C25H23N3O6. The maximum absolute atomic E-state index is 13.0. The Kier molecular flexibility index (Phi) is 6.44. The summed E-state index contributed by atoms with van der Waals surface area (Å²) in [6.07, 6.45) is 0.901. The van der Waals surface area contributed by atoms with Gasteiger partial charge < -0.3 is 19.7 Å². The Balaban J connectivity index is 1.61. The smallest absolute Gasteiger partial charge is 0.286 e. The van der Waals surface area contributed by atoms with E-state index in [9.17, 15) is 19.7 Å². The molecule has 0 saturated carbocycles. The zero-order valence-corrected chi connectivity index (χ0v) is 18.7. The Morgan fingerprint density at radius 2 is 1.74 bits per heavy atom. The van der Waals surface area contributed by atoms with Crippen molar-refractivity contribution in [3.63, 3.8) is 0 Å². The highest BCUT2D eigenvalue weighted by molar-refractivity contribution is 6.08. The van der Waals surface area contributed by atoms with Gasteiger partial charge in [-0.05, 0) is 35.7 Å². The average Bonchev–Trinajstić information content (AvgIpc) is 2.85. The number of hydrogen-bond donors (Lipinski definition) is 1. The third-order valence-corrected chi connectivity index (χ3v) is 5.66. The number of hydrogen-bond acceptors (Lipinski definition) is 6. The number of carbonyl (C=O) groups is 2. The molecule has 0 aromatic heterocycles. The fraction of sp³-hybridized carbons (Fsp3) is 0.200. The predicted octanol–water partition coefficient (Wildman–Crippen LogP) is 4.34. The summed E-state index contributed by atoms with van der Waals surface area (Å²) in [6.45, 7) is 0.455. The van der Waals surface area contributed by atoms with Crippen LogP contribution in [0.5, 0.6) is 11.5 Å². The highest BCUT2D eigenvalue weighted by atomic mass is 16.6. The molecule has 1 aliphatic heterocycles. The van der Waals surface area contributed by atoms with Gasteiger partial charge in [0.2, 0.25) is 5.91 Å². The molecule has 34 heavy (non-hydrogen) atoms. The van der Waals surface area contributed by atoms with Crippen molar-refractivity contribution in [2.75, 3.05) is 24.4 Å². The number of nitro benzene ring substituents is 1. The van der Waals surface area contributed by atoms with Crippen molar-refractivity contribution >= 4 is 28.9 Å². The van der Waals surface area contributed by atoms with Gasteiger partial charge in [-0.3, -0.25) is 19.7 Å². The molecule has 3 aromatic carbocycles. The molecule has 0 spiro atoms. The zero-order chi connectivity index (χ0) is 24.2. The van der Waals surface area contributed by atoms with Gasteiger partial charge in [0.15, 0.2) is 11.5 Å². The minimum absolute atomic E-state index is 0.0362. The van der Waals surface area contributed by atoms with E-state index in [1.165, 1.54) is 20.3 Å². The van der Waals surface area contributed by atoms with Crippen molar-refractivity contribution in [1.82, 2.24) is 0 Å². The van der Waals surface area contributed by atoms with Crippen LogP contribution in [-0.2, 0) is 17.8 Å². The molecule has 1 N–H and O–H groups in total. The van der Waals surface area contributed by atoms with Crippen molar-refractivity contribution in [3.8, 4) is 11.5 Å². The van der Waals surface area contributed by atoms with Crippen molar-refractivity contribution in [2.24, 2.45) is 0 Å². The Morgan fingerprint density at radius 1 is 1.03 bits per heavy atom. The Morgan fingerprint density at radius 3 is 2.41 bits per heavy atom. The molecule has 174 valence electrons. The van der Waals surface area contributed by atoms with Gasteiger partial charge in [-0.25, -0.2) is 0 Å². The van der Waals surface area contributed by atoms with E-state index in [4.69, 9.17) is 9.47 Å². The van der Waals surface area contributed by atoms with Crippen molar-refractivity contribution in [2.45, 2.75) is 19.4 Å². The van der Waals surface area contributed by atoms with Gasteiger partial charge in [0.25, 0.3) is 11.6 Å². The molecule has 4 rings (SSSR count). The second-order valence-electron chi connectivity index (χ2n) is 7.74. The lowest BCUT2D eigenvalue weighted by atomic mass is 9.99. The van der Waals surface area contributed by atoms with Crippen molar-refractivity contribution in [1.29, 1.82) is 0 Å². The lowest BCUT2D eigenvalue weighted by Gasteiger charge is -2.30. The largest absolute Gasteiger partial charge is 0.493 e. The maximum Gasteiger partial charge on any atom is 0.286 e. The van der Waals surface area contributed by atoms with Crippen LogP contribution in [0.3, 0.4) is 0 Å². The van der Waals surface area contributed by atoms with Crippen LogP contribution in [0, 0.1) is 10.1 Å². The topological polar surface area (TPSA) is 111 Å². The predicted molar refractivity (Wildman–Crippen MR) is 127 cm³/mol. The van der Waals surface area contributed by atoms with Gasteiger partial charge in [-0.2, -0.15) is 0 Å². The van der Waals surface area contributed by atoms with Crippen LogP contribution in [0.4, 0.5) is 17.1 Å². The molecule has 0 radical (unpaired) electrons. The van der Waals surface area contributed by atoms with Gasteiger partial charge in [-0.15, -0.1) is 0 Å². The first-order valence-corrected chi connectivity index (χ1v) is 10.6. The minimum atomic E-state index is -0.652. The monoisotopic (exact) mass is 461 g/mol. The highest BCUT2D eigenvalue weighted by Gasteiger charge is 2.27. The summed E-state index contributed by atoms with van der Waals surface area (Å²) < 4.78 is 10.3. The van der Waals surface area contributed by atoms with Crippen molar-refractivity contribution < 1.29 is 24.0 Å². The number of nitrogens with zero attached hydrogens (tertiary/aromatic N) is 2. The van der Waals surface area contributed by atoms with Crippen LogP contribution >= 0.6 is 0 Å². The fourth-order valence-corrected chi connectivity index (χ4v) is 3.98.